The van der Waals surface area contributed by atoms with Gasteiger partial charge in [0.2, 0.25) is 5.88 Å². The Labute approximate surface area is 106 Å². The molecule has 1 N–H and O–H groups in total. The number of aryl methyl sites for hydroxylation is 3. The molecule has 6 heteroatoms. The Bertz CT molecular complexity index is 544. The van der Waals surface area contributed by atoms with E-state index >= 15 is 0 Å². The summed E-state index contributed by atoms with van der Waals surface area (Å²) >= 11 is 0. The molecule has 0 amide bonds. The standard InChI is InChI=1S/C12H18N4O2/c1-8-11(12(18-4)16(3)14-8)9(17)7-10-13-5-6-15(10)2/h5-6,9,17H,7H2,1-4H3. The molecule has 2 heterocycles. The number of aliphatic hydroxyl groups is 1. The van der Waals surface area contributed by atoms with Crippen molar-refractivity contribution in [1.29, 1.82) is 0 Å². The summed E-state index contributed by atoms with van der Waals surface area (Å²) in [4.78, 5) is 4.21. The van der Waals surface area contributed by atoms with E-state index in [9.17, 15) is 5.11 Å². The molecular weight excluding hydrogens is 232 g/mol. The number of methoxy groups -OCH3 is 1. The van der Waals surface area contributed by atoms with Gasteiger partial charge in [-0.2, -0.15) is 5.10 Å². The molecule has 1 unspecified atom stereocenters. The summed E-state index contributed by atoms with van der Waals surface area (Å²) in [6.07, 6.45) is 3.34. The highest BCUT2D eigenvalue weighted by Crippen LogP contribution is 2.29. The van der Waals surface area contributed by atoms with Crippen LogP contribution in [0.15, 0.2) is 12.4 Å². The van der Waals surface area contributed by atoms with Crippen molar-refractivity contribution in [3.8, 4) is 5.88 Å². The highest BCUT2D eigenvalue weighted by atomic mass is 16.5. The SMILES string of the molecule is COc1c(C(O)Cc2nccn2C)c(C)nn1C. The fraction of sp³-hybridized carbons (Fsp3) is 0.500. The molecule has 0 fully saturated rings. The van der Waals surface area contributed by atoms with Crippen LogP contribution in [0.25, 0.3) is 0 Å². The number of hydrogen-bond acceptors (Lipinski definition) is 4. The third kappa shape index (κ3) is 2.11. The minimum absolute atomic E-state index is 0.437. The second-order valence-electron chi connectivity index (χ2n) is 4.31. The van der Waals surface area contributed by atoms with Crippen molar-refractivity contribution in [1.82, 2.24) is 19.3 Å². The van der Waals surface area contributed by atoms with Crippen LogP contribution < -0.4 is 4.74 Å². The van der Waals surface area contributed by atoms with Crippen LogP contribution in [-0.4, -0.2) is 31.5 Å². The van der Waals surface area contributed by atoms with Gasteiger partial charge in [0.25, 0.3) is 0 Å². The van der Waals surface area contributed by atoms with E-state index in [0.29, 0.717) is 12.3 Å². The number of aromatic nitrogens is 4. The van der Waals surface area contributed by atoms with E-state index in [0.717, 1.165) is 17.1 Å². The van der Waals surface area contributed by atoms with E-state index in [-0.39, 0.29) is 0 Å². The maximum absolute atomic E-state index is 10.3. The number of rotatable bonds is 4. The van der Waals surface area contributed by atoms with Crippen LogP contribution in [0.5, 0.6) is 5.88 Å². The normalized spacial score (nSPS) is 12.7. The van der Waals surface area contributed by atoms with Gasteiger partial charge < -0.3 is 14.4 Å². The molecule has 2 aromatic heterocycles. The zero-order valence-corrected chi connectivity index (χ0v) is 11.1. The summed E-state index contributed by atoms with van der Waals surface area (Å²) in [5.74, 6) is 1.42. The van der Waals surface area contributed by atoms with Gasteiger partial charge in [-0.3, -0.25) is 0 Å². The van der Waals surface area contributed by atoms with Gasteiger partial charge in [-0.05, 0) is 6.92 Å². The van der Waals surface area contributed by atoms with E-state index in [1.54, 1.807) is 25.0 Å². The van der Waals surface area contributed by atoms with Crippen molar-refractivity contribution >= 4 is 0 Å². The third-order valence-corrected chi connectivity index (χ3v) is 3.04. The molecule has 0 saturated carbocycles. The van der Waals surface area contributed by atoms with Gasteiger partial charge in [0, 0.05) is 32.9 Å². The smallest absolute Gasteiger partial charge is 0.217 e. The van der Waals surface area contributed by atoms with Gasteiger partial charge >= 0.3 is 0 Å². The van der Waals surface area contributed by atoms with Crippen molar-refractivity contribution in [2.45, 2.75) is 19.4 Å². The number of nitrogens with zero attached hydrogens (tertiary/aromatic N) is 4. The second-order valence-corrected chi connectivity index (χ2v) is 4.31. The fourth-order valence-corrected chi connectivity index (χ4v) is 2.15. The summed E-state index contributed by atoms with van der Waals surface area (Å²) < 4.78 is 8.80. The van der Waals surface area contributed by atoms with Gasteiger partial charge in [0.15, 0.2) is 0 Å². The molecule has 6 nitrogen and oxygen atoms in total. The van der Waals surface area contributed by atoms with Crippen LogP contribution in [0.2, 0.25) is 0 Å². The van der Waals surface area contributed by atoms with Gasteiger partial charge in [-0.25, -0.2) is 9.67 Å². The number of ether oxygens (including phenoxy) is 1. The average molecular weight is 250 g/mol. The van der Waals surface area contributed by atoms with Gasteiger partial charge in [0.05, 0.1) is 24.5 Å². The molecule has 0 aliphatic rings. The Balaban J connectivity index is 2.29. The lowest BCUT2D eigenvalue weighted by atomic mass is 10.1. The monoisotopic (exact) mass is 250 g/mol. The number of aliphatic hydroxyl groups excluding tert-OH is 1. The second kappa shape index (κ2) is 4.81. The van der Waals surface area contributed by atoms with Crippen molar-refractivity contribution in [3.63, 3.8) is 0 Å². The summed E-state index contributed by atoms with van der Waals surface area (Å²) in [7, 11) is 5.28. The summed E-state index contributed by atoms with van der Waals surface area (Å²) in [6, 6.07) is 0. The summed E-state index contributed by atoms with van der Waals surface area (Å²) in [6.45, 7) is 1.86. The molecule has 98 valence electrons. The molecule has 2 rings (SSSR count). The van der Waals surface area contributed by atoms with Gasteiger partial charge in [-0.1, -0.05) is 0 Å². The Morgan fingerprint density at radius 2 is 2.17 bits per heavy atom. The Hall–Kier alpha value is -1.82. The molecule has 0 spiro atoms. The Morgan fingerprint density at radius 3 is 2.72 bits per heavy atom. The summed E-state index contributed by atoms with van der Waals surface area (Å²) in [5, 5.41) is 14.6. The molecule has 1 atom stereocenters. The first-order valence-corrected chi connectivity index (χ1v) is 5.76. The molecular formula is C12H18N4O2. The molecule has 0 aliphatic heterocycles. The molecule has 18 heavy (non-hydrogen) atoms. The first kappa shape index (κ1) is 12.6. The molecule has 0 aliphatic carbocycles. The van der Waals surface area contributed by atoms with E-state index in [4.69, 9.17) is 4.74 Å². The molecule has 2 aromatic rings. The van der Waals surface area contributed by atoms with E-state index < -0.39 is 6.10 Å². The summed E-state index contributed by atoms with van der Waals surface area (Å²) in [5.41, 5.74) is 1.50. The molecule has 0 radical (unpaired) electrons. The third-order valence-electron chi connectivity index (χ3n) is 3.04. The zero-order valence-electron chi connectivity index (χ0n) is 11.1. The topological polar surface area (TPSA) is 65.1 Å². The first-order chi connectivity index (χ1) is 8.54. The Morgan fingerprint density at radius 1 is 1.44 bits per heavy atom. The highest BCUT2D eigenvalue weighted by molar-refractivity contribution is 5.33. The van der Waals surface area contributed by atoms with Crippen molar-refractivity contribution in [2.24, 2.45) is 14.1 Å². The minimum atomic E-state index is -0.672. The lowest BCUT2D eigenvalue weighted by molar-refractivity contribution is 0.169. The fourth-order valence-electron chi connectivity index (χ4n) is 2.15. The van der Waals surface area contributed by atoms with E-state index in [2.05, 4.69) is 10.1 Å². The van der Waals surface area contributed by atoms with Crippen LogP contribution in [0.1, 0.15) is 23.2 Å². The molecule has 0 saturated heterocycles. The van der Waals surface area contributed by atoms with Crippen LogP contribution in [0, 0.1) is 6.92 Å². The predicted molar refractivity (Wildman–Crippen MR) is 66.4 cm³/mol. The molecule has 0 bridgehead atoms. The van der Waals surface area contributed by atoms with Crippen LogP contribution in [0.4, 0.5) is 0 Å². The van der Waals surface area contributed by atoms with Gasteiger partial charge in [-0.15, -0.1) is 0 Å². The quantitative estimate of drug-likeness (QED) is 0.869. The maximum atomic E-state index is 10.3. The van der Waals surface area contributed by atoms with Crippen LogP contribution in [-0.2, 0) is 20.5 Å². The largest absolute Gasteiger partial charge is 0.481 e. The minimum Gasteiger partial charge on any atom is -0.481 e. The van der Waals surface area contributed by atoms with Crippen LogP contribution in [0.3, 0.4) is 0 Å². The van der Waals surface area contributed by atoms with Crippen LogP contribution >= 0.6 is 0 Å². The number of imidazole rings is 1. The van der Waals surface area contributed by atoms with Crippen molar-refractivity contribution in [3.05, 3.63) is 29.5 Å². The van der Waals surface area contributed by atoms with Crippen molar-refractivity contribution < 1.29 is 9.84 Å². The Kier molecular flexibility index (Phi) is 3.38. The van der Waals surface area contributed by atoms with Crippen molar-refractivity contribution in [2.75, 3.05) is 7.11 Å². The first-order valence-electron chi connectivity index (χ1n) is 5.76. The lowest BCUT2D eigenvalue weighted by Gasteiger charge is -2.12. The molecule has 0 aromatic carbocycles. The van der Waals surface area contributed by atoms with E-state index in [1.165, 1.54) is 0 Å². The highest BCUT2D eigenvalue weighted by Gasteiger charge is 2.22. The average Bonchev–Trinajstić information content (AvgIpc) is 2.82. The van der Waals surface area contributed by atoms with E-state index in [1.807, 2.05) is 24.7 Å². The van der Waals surface area contributed by atoms with Gasteiger partial charge in [0.1, 0.15) is 5.82 Å². The zero-order chi connectivity index (χ0) is 13.3. The predicted octanol–water partition coefficient (Wildman–Crippen LogP) is 0.747. The lowest BCUT2D eigenvalue weighted by Crippen LogP contribution is -2.08. The number of hydrogen-bond donors (Lipinski definition) is 1. The maximum Gasteiger partial charge on any atom is 0.217 e.